The molecule has 1 aromatic rings. The fraction of sp³-hybridized carbons (Fsp3) is 0.750. The molecule has 3 heterocycles. The van der Waals surface area contributed by atoms with Gasteiger partial charge in [0.05, 0.1) is 19.1 Å². The van der Waals surface area contributed by atoms with Gasteiger partial charge in [0.2, 0.25) is 11.8 Å². The first-order chi connectivity index (χ1) is 11.7. The molecule has 0 radical (unpaired) electrons. The zero-order chi connectivity index (χ0) is 16.8. The van der Waals surface area contributed by atoms with Crippen molar-refractivity contribution < 1.29 is 14.3 Å². The summed E-state index contributed by atoms with van der Waals surface area (Å²) in [6, 6.07) is 0. The number of rotatable bonds is 5. The summed E-state index contributed by atoms with van der Waals surface area (Å²) in [7, 11) is 0. The van der Waals surface area contributed by atoms with Crippen molar-refractivity contribution in [3.05, 3.63) is 12.7 Å². The lowest BCUT2D eigenvalue weighted by atomic mass is 9.96. The summed E-state index contributed by atoms with van der Waals surface area (Å²) in [5.41, 5.74) is 0. The molecule has 1 aromatic heterocycles. The highest BCUT2D eigenvalue weighted by atomic mass is 16.5. The molecule has 0 spiro atoms. The monoisotopic (exact) mass is 335 g/mol. The van der Waals surface area contributed by atoms with E-state index in [0.29, 0.717) is 45.8 Å². The average molecular weight is 335 g/mol. The molecule has 132 valence electrons. The molecule has 2 saturated heterocycles. The summed E-state index contributed by atoms with van der Waals surface area (Å²) in [5, 5.41) is 4.03. The zero-order valence-electron chi connectivity index (χ0n) is 14.0. The smallest absolute Gasteiger partial charge is 0.227 e. The third kappa shape index (κ3) is 4.31. The molecule has 0 saturated carbocycles. The molecule has 0 N–H and O–H groups in total. The molecule has 1 atom stereocenters. The fourth-order valence-corrected chi connectivity index (χ4v) is 3.35. The number of piperidine rings is 1. The molecule has 2 fully saturated rings. The van der Waals surface area contributed by atoms with Crippen molar-refractivity contribution in [2.75, 3.05) is 39.4 Å². The highest BCUT2D eigenvalue weighted by Crippen LogP contribution is 2.20. The lowest BCUT2D eigenvalue weighted by molar-refractivity contribution is -0.144. The fourth-order valence-electron chi connectivity index (χ4n) is 3.35. The Morgan fingerprint density at radius 3 is 2.75 bits per heavy atom. The van der Waals surface area contributed by atoms with Crippen molar-refractivity contribution in [1.29, 1.82) is 0 Å². The van der Waals surface area contributed by atoms with Gasteiger partial charge in [0.25, 0.3) is 0 Å². The number of likely N-dealkylation sites (tertiary alicyclic amines) is 1. The van der Waals surface area contributed by atoms with Crippen molar-refractivity contribution in [3.8, 4) is 0 Å². The zero-order valence-corrected chi connectivity index (χ0v) is 14.0. The van der Waals surface area contributed by atoms with Gasteiger partial charge in [-0.3, -0.25) is 14.3 Å². The van der Waals surface area contributed by atoms with E-state index in [9.17, 15) is 9.59 Å². The van der Waals surface area contributed by atoms with E-state index in [4.69, 9.17) is 4.74 Å². The van der Waals surface area contributed by atoms with Crippen molar-refractivity contribution in [2.45, 2.75) is 32.2 Å². The maximum Gasteiger partial charge on any atom is 0.227 e. The quantitative estimate of drug-likeness (QED) is 0.765. The predicted octanol–water partition coefficient (Wildman–Crippen LogP) is 0.156. The Kier molecular flexibility index (Phi) is 5.79. The summed E-state index contributed by atoms with van der Waals surface area (Å²) < 4.78 is 7.03. The molecule has 8 nitrogen and oxygen atoms in total. The standard InChI is InChI=1S/C16H25N5O3/c22-15(4-2-6-21-13-17-12-18-21)20-5-1-3-14(11-20)16(23)19-7-9-24-10-8-19/h12-14H,1-11H2/t14-/m0/s1. The number of nitrogens with zero attached hydrogens (tertiary/aromatic N) is 5. The van der Waals surface area contributed by atoms with E-state index in [2.05, 4.69) is 10.1 Å². The third-order valence-corrected chi connectivity index (χ3v) is 4.69. The number of aryl methyl sites for hydroxylation is 1. The summed E-state index contributed by atoms with van der Waals surface area (Å²) in [6.45, 7) is 4.57. The second kappa shape index (κ2) is 8.23. The van der Waals surface area contributed by atoms with E-state index in [-0.39, 0.29) is 17.7 Å². The molecule has 2 aliphatic heterocycles. The van der Waals surface area contributed by atoms with Crippen LogP contribution in [-0.2, 0) is 20.9 Å². The van der Waals surface area contributed by atoms with Crippen LogP contribution in [0.1, 0.15) is 25.7 Å². The molecule has 0 unspecified atom stereocenters. The molecule has 2 aliphatic rings. The predicted molar refractivity (Wildman–Crippen MR) is 86.0 cm³/mol. The third-order valence-electron chi connectivity index (χ3n) is 4.69. The maximum absolute atomic E-state index is 12.6. The second-order valence-electron chi connectivity index (χ2n) is 6.38. The lowest BCUT2D eigenvalue weighted by Crippen LogP contribution is -2.49. The SMILES string of the molecule is O=C(CCCn1cncn1)N1CCC[C@H](C(=O)N2CCOCC2)C1. The summed E-state index contributed by atoms with van der Waals surface area (Å²) in [4.78, 5) is 32.6. The van der Waals surface area contributed by atoms with Crippen LogP contribution in [0.4, 0.5) is 0 Å². The van der Waals surface area contributed by atoms with Gasteiger partial charge < -0.3 is 14.5 Å². The summed E-state index contributed by atoms with van der Waals surface area (Å²) in [6.07, 6.45) is 6.14. The van der Waals surface area contributed by atoms with Crippen LogP contribution in [-0.4, -0.2) is 75.8 Å². The number of hydrogen-bond acceptors (Lipinski definition) is 5. The Morgan fingerprint density at radius 1 is 1.17 bits per heavy atom. The topological polar surface area (TPSA) is 80.6 Å². The Bertz CT molecular complexity index is 542. The van der Waals surface area contributed by atoms with Gasteiger partial charge in [-0.25, -0.2) is 4.98 Å². The van der Waals surface area contributed by atoms with Crippen LogP contribution in [0.3, 0.4) is 0 Å². The lowest BCUT2D eigenvalue weighted by Gasteiger charge is -2.36. The first-order valence-electron chi connectivity index (χ1n) is 8.71. The molecule has 0 aliphatic carbocycles. The first-order valence-corrected chi connectivity index (χ1v) is 8.71. The summed E-state index contributed by atoms with van der Waals surface area (Å²) >= 11 is 0. The number of carbonyl (C=O) groups excluding carboxylic acids is 2. The van der Waals surface area contributed by atoms with Gasteiger partial charge in [-0.05, 0) is 19.3 Å². The Hall–Kier alpha value is -1.96. The molecular weight excluding hydrogens is 310 g/mol. The van der Waals surface area contributed by atoms with Gasteiger partial charge in [-0.1, -0.05) is 0 Å². The van der Waals surface area contributed by atoms with Crippen molar-refractivity contribution in [1.82, 2.24) is 24.6 Å². The van der Waals surface area contributed by atoms with Crippen LogP contribution in [0.2, 0.25) is 0 Å². The second-order valence-corrected chi connectivity index (χ2v) is 6.38. The Balaban J connectivity index is 1.45. The van der Waals surface area contributed by atoms with E-state index in [1.165, 1.54) is 6.33 Å². The van der Waals surface area contributed by atoms with Gasteiger partial charge in [-0.15, -0.1) is 0 Å². The average Bonchev–Trinajstić information content (AvgIpc) is 3.15. The minimum atomic E-state index is -0.0592. The van der Waals surface area contributed by atoms with Gasteiger partial charge in [0.15, 0.2) is 0 Å². The number of carbonyl (C=O) groups is 2. The van der Waals surface area contributed by atoms with Crippen LogP contribution < -0.4 is 0 Å². The van der Waals surface area contributed by atoms with E-state index in [0.717, 1.165) is 25.8 Å². The summed E-state index contributed by atoms with van der Waals surface area (Å²) in [5.74, 6) is 0.254. The van der Waals surface area contributed by atoms with Crippen LogP contribution >= 0.6 is 0 Å². The van der Waals surface area contributed by atoms with Gasteiger partial charge in [0.1, 0.15) is 12.7 Å². The minimum absolute atomic E-state index is 0.0592. The molecule has 3 rings (SSSR count). The van der Waals surface area contributed by atoms with Crippen LogP contribution in [0.15, 0.2) is 12.7 Å². The Morgan fingerprint density at radius 2 is 2.00 bits per heavy atom. The highest BCUT2D eigenvalue weighted by molar-refractivity contribution is 5.81. The van der Waals surface area contributed by atoms with E-state index < -0.39 is 0 Å². The number of ether oxygens (including phenoxy) is 1. The highest BCUT2D eigenvalue weighted by Gasteiger charge is 2.31. The molecule has 8 heteroatoms. The van der Waals surface area contributed by atoms with E-state index in [1.807, 2.05) is 9.80 Å². The van der Waals surface area contributed by atoms with Crippen molar-refractivity contribution in [2.24, 2.45) is 5.92 Å². The van der Waals surface area contributed by atoms with E-state index >= 15 is 0 Å². The van der Waals surface area contributed by atoms with Crippen molar-refractivity contribution in [3.63, 3.8) is 0 Å². The van der Waals surface area contributed by atoms with Gasteiger partial charge >= 0.3 is 0 Å². The number of aromatic nitrogens is 3. The van der Waals surface area contributed by atoms with Crippen LogP contribution in [0.25, 0.3) is 0 Å². The molecule has 24 heavy (non-hydrogen) atoms. The van der Waals surface area contributed by atoms with Gasteiger partial charge in [-0.2, -0.15) is 5.10 Å². The van der Waals surface area contributed by atoms with Crippen LogP contribution in [0.5, 0.6) is 0 Å². The van der Waals surface area contributed by atoms with E-state index in [1.54, 1.807) is 11.0 Å². The largest absolute Gasteiger partial charge is 0.378 e. The molecular formula is C16H25N5O3. The number of hydrogen-bond donors (Lipinski definition) is 0. The molecule has 0 bridgehead atoms. The number of morpholine rings is 1. The first kappa shape index (κ1) is 16.9. The normalized spacial score (nSPS) is 21.8. The van der Waals surface area contributed by atoms with Crippen molar-refractivity contribution >= 4 is 11.8 Å². The minimum Gasteiger partial charge on any atom is -0.378 e. The van der Waals surface area contributed by atoms with Gasteiger partial charge in [0, 0.05) is 39.1 Å². The van der Waals surface area contributed by atoms with Crippen LogP contribution in [0, 0.1) is 5.92 Å². The molecule has 2 amide bonds. The number of amides is 2. The Labute approximate surface area is 141 Å². The molecule has 0 aromatic carbocycles. The maximum atomic E-state index is 12.6.